The summed E-state index contributed by atoms with van der Waals surface area (Å²) in [4.78, 5) is 22.4. The van der Waals surface area contributed by atoms with Gasteiger partial charge in [-0.2, -0.15) is 5.10 Å². The molecule has 0 atom stereocenters. The summed E-state index contributed by atoms with van der Waals surface area (Å²) in [6.07, 6.45) is 8.77. The minimum atomic E-state index is -0.441. The summed E-state index contributed by atoms with van der Waals surface area (Å²) in [7, 11) is 0. The largest absolute Gasteiger partial charge is 0.366 e. The third-order valence-corrected chi connectivity index (χ3v) is 4.58. The summed E-state index contributed by atoms with van der Waals surface area (Å²) >= 11 is 0. The van der Waals surface area contributed by atoms with E-state index in [1.807, 2.05) is 16.9 Å². The van der Waals surface area contributed by atoms with Gasteiger partial charge in [0, 0.05) is 31.4 Å². The average molecular weight is 298 g/mol. The van der Waals surface area contributed by atoms with Crippen LogP contribution in [0.3, 0.4) is 0 Å². The summed E-state index contributed by atoms with van der Waals surface area (Å²) in [5.41, 5.74) is 5.70. The lowest BCUT2D eigenvalue weighted by Gasteiger charge is -2.40. The molecule has 0 unspecified atom stereocenters. The van der Waals surface area contributed by atoms with Crippen molar-refractivity contribution in [2.45, 2.75) is 31.2 Å². The molecule has 0 aromatic carbocycles. The third-order valence-electron chi connectivity index (χ3n) is 4.58. The fourth-order valence-corrected chi connectivity index (χ4v) is 2.88. The highest BCUT2D eigenvalue weighted by Crippen LogP contribution is 2.35. The van der Waals surface area contributed by atoms with Crippen molar-refractivity contribution in [2.75, 3.05) is 18.0 Å². The Morgan fingerprint density at radius 3 is 2.77 bits per heavy atom. The van der Waals surface area contributed by atoms with Crippen LogP contribution in [-0.2, 0) is 0 Å². The molecule has 1 amide bonds. The Morgan fingerprint density at radius 1 is 1.32 bits per heavy atom. The molecule has 2 fully saturated rings. The Hall–Kier alpha value is -2.44. The van der Waals surface area contributed by atoms with Crippen molar-refractivity contribution in [2.24, 2.45) is 5.73 Å². The molecule has 1 aliphatic heterocycles. The molecule has 2 aliphatic rings. The van der Waals surface area contributed by atoms with Gasteiger partial charge in [0.1, 0.15) is 11.6 Å². The topological polar surface area (TPSA) is 89.9 Å². The van der Waals surface area contributed by atoms with Crippen molar-refractivity contribution < 1.29 is 4.79 Å². The molecule has 2 aromatic rings. The fraction of sp³-hybridized carbons (Fsp3) is 0.467. The molecule has 4 rings (SSSR count). The number of hydrogen-bond donors (Lipinski definition) is 1. The van der Waals surface area contributed by atoms with Gasteiger partial charge >= 0.3 is 0 Å². The number of nitrogens with two attached hydrogens (primary N) is 1. The van der Waals surface area contributed by atoms with E-state index in [1.165, 1.54) is 25.5 Å². The van der Waals surface area contributed by atoms with E-state index in [2.05, 4.69) is 20.0 Å². The molecule has 114 valence electrons. The molecule has 0 radical (unpaired) electrons. The van der Waals surface area contributed by atoms with Gasteiger partial charge in [0.25, 0.3) is 5.91 Å². The Balaban J connectivity index is 1.43. The first-order chi connectivity index (χ1) is 10.7. The van der Waals surface area contributed by atoms with E-state index in [0.29, 0.717) is 11.5 Å². The molecule has 0 spiro atoms. The zero-order valence-electron chi connectivity index (χ0n) is 12.2. The predicted octanol–water partition coefficient (Wildman–Crippen LogP) is 1.10. The maximum Gasteiger partial charge on any atom is 0.251 e. The van der Waals surface area contributed by atoms with E-state index in [-0.39, 0.29) is 6.04 Å². The van der Waals surface area contributed by atoms with Gasteiger partial charge in [-0.05, 0) is 18.9 Å². The smallest absolute Gasteiger partial charge is 0.251 e. The predicted molar refractivity (Wildman–Crippen MR) is 80.6 cm³/mol. The highest BCUT2D eigenvalue weighted by atomic mass is 16.1. The van der Waals surface area contributed by atoms with Crippen LogP contribution in [0.1, 0.15) is 47.4 Å². The van der Waals surface area contributed by atoms with Crippen LogP contribution in [0, 0.1) is 0 Å². The number of carbonyl (C=O) groups excluding carboxylic acids is 1. The molecule has 1 saturated heterocycles. The molecule has 1 aliphatic carbocycles. The minimum Gasteiger partial charge on any atom is -0.366 e. The van der Waals surface area contributed by atoms with Gasteiger partial charge in [-0.3, -0.25) is 9.48 Å². The monoisotopic (exact) mass is 298 g/mol. The zero-order valence-corrected chi connectivity index (χ0v) is 12.2. The van der Waals surface area contributed by atoms with Crippen molar-refractivity contribution in [3.63, 3.8) is 0 Å². The Morgan fingerprint density at radius 2 is 2.14 bits per heavy atom. The van der Waals surface area contributed by atoms with Crippen LogP contribution in [0.25, 0.3) is 0 Å². The molecule has 7 heteroatoms. The van der Waals surface area contributed by atoms with Crippen LogP contribution in [0.15, 0.2) is 24.7 Å². The fourth-order valence-electron chi connectivity index (χ4n) is 2.88. The molecule has 1 saturated carbocycles. The first kappa shape index (κ1) is 13.2. The number of primary amides is 1. The van der Waals surface area contributed by atoms with Crippen LogP contribution in [-0.4, -0.2) is 38.7 Å². The molecular weight excluding hydrogens is 280 g/mol. The van der Waals surface area contributed by atoms with E-state index in [1.54, 1.807) is 6.20 Å². The van der Waals surface area contributed by atoms with Crippen LogP contribution in [0.5, 0.6) is 0 Å². The van der Waals surface area contributed by atoms with Crippen LogP contribution >= 0.6 is 0 Å². The standard InChI is InChI=1S/C15H18N6O/c16-14(22)11-6-18-21(7-11)12-8-20(9-12)13-4-5-17-15(19-13)10-2-1-3-10/h4-7,10,12H,1-3,8-9H2,(H2,16,22). The maximum absolute atomic E-state index is 11.1. The number of aromatic nitrogens is 4. The zero-order chi connectivity index (χ0) is 15.1. The van der Waals surface area contributed by atoms with Gasteiger partial charge in [0.15, 0.2) is 0 Å². The number of amides is 1. The van der Waals surface area contributed by atoms with E-state index in [9.17, 15) is 4.79 Å². The van der Waals surface area contributed by atoms with Crippen molar-refractivity contribution in [3.8, 4) is 0 Å². The Kier molecular flexibility index (Phi) is 3.06. The first-order valence-corrected chi connectivity index (χ1v) is 7.62. The number of anilines is 1. The number of nitrogens with zero attached hydrogens (tertiary/aromatic N) is 5. The van der Waals surface area contributed by atoms with Gasteiger partial charge < -0.3 is 10.6 Å². The summed E-state index contributed by atoms with van der Waals surface area (Å²) < 4.78 is 1.81. The van der Waals surface area contributed by atoms with E-state index < -0.39 is 5.91 Å². The molecule has 2 N–H and O–H groups in total. The van der Waals surface area contributed by atoms with Gasteiger partial charge in [0.05, 0.1) is 17.8 Å². The van der Waals surface area contributed by atoms with Gasteiger partial charge in [-0.15, -0.1) is 0 Å². The SMILES string of the molecule is NC(=O)c1cnn(C2CN(c3ccnc(C4CCC4)n3)C2)c1. The Labute approximate surface area is 128 Å². The maximum atomic E-state index is 11.1. The van der Waals surface area contributed by atoms with Crippen molar-refractivity contribution in [1.29, 1.82) is 0 Å². The molecule has 2 aromatic heterocycles. The average Bonchev–Trinajstić information content (AvgIpc) is 2.85. The molecular formula is C15H18N6O. The molecule has 7 nitrogen and oxygen atoms in total. The second-order valence-electron chi connectivity index (χ2n) is 6.03. The van der Waals surface area contributed by atoms with Crippen LogP contribution in [0.2, 0.25) is 0 Å². The highest BCUT2D eigenvalue weighted by molar-refractivity contribution is 5.92. The third kappa shape index (κ3) is 2.22. The highest BCUT2D eigenvalue weighted by Gasteiger charge is 2.31. The lowest BCUT2D eigenvalue weighted by Crippen LogP contribution is -2.48. The summed E-state index contributed by atoms with van der Waals surface area (Å²) in [6, 6.07) is 2.21. The van der Waals surface area contributed by atoms with E-state index >= 15 is 0 Å². The summed E-state index contributed by atoms with van der Waals surface area (Å²) in [5.74, 6) is 2.06. The summed E-state index contributed by atoms with van der Waals surface area (Å²) in [5, 5.41) is 4.21. The van der Waals surface area contributed by atoms with Crippen LogP contribution in [0.4, 0.5) is 5.82 Å². The van der Waals surface area contributed by atoms with Gasteiger partial charge in [0.2, 0.25) is 0 Å². The Bertz CT molecular complexity index is 702. The quantitative estimate of drug-likeness (QED) is 0.913. The van der Waals surface area contributed by atoms with Crippen molar-refractivity contribution >= 4 is 11.7 Å². The lowest BCUT2D eigenvalue weighted by atomic mass is 9.85. The van der Waals surface area contributed by atoms with Gasteiger partial charge in [-0.1, -0.05) is 6.42 Å². The normalized spacial score (nSPS) is 18.8. The minimum absolute atomic E-state index is 0.259. The van der Waals surface area contributed by atoms with Crippen molar-refractivity contribution in [1.82, 2.24) is 19.7 Å². The second-order valence-corrected chi connectivity index (χ2v) is 6.03. The van der Waals surface area contributed by atoms with Crippen LogP contribution < -0.4 is 10.6 Å². The molecule has 3 heterocycles. The second kappa shape index (κ2) is 5.08. The molecule has 0 bridgehead atoms. The number of rotatable bonds is 4. The van der Waals surface area contributed by atoms with Gasteiger partial charge in [-0.25, -0.2) is 9.97 Å². The van der Waals surface area contributed by atoms with E-state index in [4.69, 9.17) is 5.73 Å². The molecule has 22 heavy (non-hydrogen) atoms. The van der Waals surface area contributed by atoms with Crippen molar-refractivity contribution in [3.05, 3.63) is 36.0 Å². The number of hydrogen-bond acceptors (Lipinski definition) is 5. The first-order valence-electron chi connectivity index (χ1n) is 7.62. The van der Waals surface area contributed by atoms with E-state index in [0.717, 1.165) is 24.7 Å². The number of carbonyl (C=O) groups is 1. The summed E-state index contributed by atoms with van der Waals surface area (Å²) in [6.45, 7) is 1.67. The lowest BCUT2D eigenvalue weighted by molar-refractivity contribution is 0.1000.